The average molecular weight is 1270 g/mol. The summed E-state index contributed by atoms with van der Waals surface area (Å²) in [7, 11) is -9.94. The fourth-order valence-corrected chi connectivity index (χ4v) is 19.7. The van der Waals surface area contributed by atoms with E-state index in [0.29, 0.717) is 0 Å². The Balaban J connectivity index is 2.01. The van der Waals surface area contributed by atoms with Crippen molar-refractivity contribution in [1.29, 1.82) is 0 Å². The van der Waals surface area contributed by atoms with Crippen LogP contribution in [-0.4, -0.2) is 0 Å². The minimum atomic E-state index is -4.97. The fourth-order valence-electron chi connectivity index (χ4n) is 3.79. The zero-order chi connectivity index (χ0) is 42.3. The molecule has 0 bridgehead atoms. The molecular formula is C24Cl22N3O4P3. The van der Waals surface area contributed by atoms with Crippen LogP contribution in [0.25, 0.3) is 0 Å². The molecule has 304 valence electrons. The average Bonchev–Trinajstić information content (AvgIpc) is 3.14. The number of rotatable bonds is 8. The van der Waals surface area contributed by atoms with E-state index in [1.54, 1.807) is 0 Å². The normalized spacial score (nSPS) is 15.5. The molecule has 0 spiro atoms. The van der Waals surface area contributed by atoms with E-state index in [2.05, 4.69) is 13.5 Å². The lowest BCUT2D eigenvalue weighted by Crippen LogP contribution is -2.08. The molecule has 4 aromatic carbocycles. The van der Waals surface area contributed by atoms with Crippen molar-refractivity contribution in [3.8, 4) is 23.0 Å². The number of hydrogen-bond donors (Lipinski definition) is 0. The van der Waals surface area contributed by atoms with Crippen LogP contribution in [0.4, 0.5) is 0 Å². The van der Waals surface area contributed by atoms with Crippen molar-refractivity contribution in [3.63, 3.8) is 0 Å². The third-order valence-electron chi connectivity index (χ3n) is 6.19. The first-order valence-electron chi connectivity index (χ1n) is 12.9. The molecule has 0 amide bonds. The van der Waals surface area contributed by atoms with Crippen molar-refractivity contribution >= 4 is 276 Å². The largest absolute Gasteiger partial charge is 0.457 e. The summed E-state index contributed by atoms with van der Waals surface area (Å²) in [5.74, 6) is -6.77. The summed E-state index contributed by atoms with van der Waals surface area (Å²) < 4.78 is 38.4. The molecule has 0 aliphatic carbocycles. The summed E-state index contributed by atoms with van der Waals surface area (Å²) >= 11 is 142. The van der Waals surface area contributed by atoms with Gasteiger partial charge in [0.05, 0.1) is 60.3 Å². The molecule has 0 fully saturated rings. The molecule has 0 N–H and O–H groups in total. The van der Waals surface area contributed by atoms with Crippen molar-refractivity contribution in [3.05, 3.63) is 100 Å². The molecule has 1 aliphatic heterocycles. The number of benzene rings is 4. The Morgan fingerprint density at radius 2 is 0.393 bits per heavy atom. The van der Waals surface area contributed by atoms with Crippen LogP contribution in [0.3, 0.4) is 0 Å². The van der Waals surface area contributed by atoms with Crippen molar-refractivity contribution in [2.75, 3.05) is 0 Å². The monoisotopic (exact) mass is 1260 g/mol. The molecule has 0 unspecified atom stereocenters. The molecule has 5 rings (SSSR count). The van der Waals surface area contributed by atoms with Crippen molar-refractivity contribution in [2.24, 2.45) is 13.5 Å². The van der Waals surface area contributed by atoms with E-state index in [0.717, 1.165) is 0 Å². The first-order valence-corrected chi connectivity index (χ1v) is 27.0. The highest BCUT2D eigenvalue weighted by atomic mass is 35.9. The lowest BCUT2D eigenvalue weighted by Gasteiger charge is -2.32. The minimum absolute atomic E-state index is 0.287. The fraction of sp³-hybridized carbons (Fsp3) is 0. The van der Waals surface area contributed by atoms with Crippen LogP contribution in [0.1, 0.15) is 0 Å². The van der Waals surface area contributed by atoms with Crippen molar-refractivity contribution in [2.45, 2.75) is 0 Å². The van der Waals surface area contributed by atoms with E-state index in [9.17, 15) is 0 Å². The Bertz CT molecular complexity index is 2170. The van der Waals surface area contributed by atoms with E-state index < -0.39 is 84.4 Å². The van der Waals surface area contributed by atoms with Gasteiger partial charge in [-0.1, -0.05) is 237 Å². The Morgan fingerprint density at radius 1 is 0.232 bits per heavy atom. The van der Waals surface area contributed by atoms with E-state index in [4.69, 9.17) is 273 Å². The molecule has 1 aliphatic rings. The van der Waals surface area contributed by atoms with Gasteiger partial charge < -0.3 is 18.1 Å². The summed E-state index contributed by atoms with van der Waals surface area (Å²) in [5, 5.41) is -7.92. The topological polar surface area (TPSA) is 74.0 Å². The van der Waals surface area contributed by atoms with E-state index >= 15 is 0 Å². The molecular weight excluding hydrogens is 1270 g/mol. The summed E-state index contributed by atoms with van der Waals surface area (Å²) in [6.45, 7) is 0. The van der Waals surface area contributed by atoms with Crippen LogP contribution < -0.4 is 18.1 Å². The van der Waals surface area contributed by atoms with Gasteiger partial charge in [-0.15, -0.1) is 9.03 Å². The van der Waals surface area contributed by atoms with Gasteiger partial charge in [0.25, 0.3) is 5.91 Å². The third kappa shape index (κ3) is 9.58. The SMILES string of the molecule is Clc1c(Cl)c(Cl)c(OP2(Oc3c(Cl)c(Cl)c(Cl)c(Cl)c3Cl)=NP(Cl)(Cl)=NP(Oc3c(Cl)c(Cl)c(Cl)c(Cl)c3Cl)(Oc3c(Cl)c(Cl)c(Cl)c(Cl)c3Cl)=N2)c(Cl)c1Cl. The van der Waals surface area contributed by atoms with E-state index in [1.165, 1.54) is 0 Å². The van der Waals surface area contributed by atoms with Gasteiger partial charge in [-0.05, 0) is 22.5 Å². The second-order valence-electron chi connectivity index (χ2n) is 9.67. The van der Waals surface area contributed by atoms with Gasteiger partial charge in [0.1, 0.15) is 40.2 Å². The summed E-state index contributed by atoms with van der Waals surface area (Å²) in [5.41, 5.74) is 0. The zero-order valence-corrected chi connectivity index (χ0v) is 43.9. The lowest BCUT2D eigenvalue weighted by atomic mass is 10.3. The molecule has 0 saturated heterocycles. The van der Waals surface area contributed by atoms with Gasteiger partial charge in [-0.2, -0.15) is 0 Å². The Morgan fingerprint density at radius 3 is 0.589 bits per heavy atom. The first-order chi connectivity index (χ1) is 25.7. The Kier molecular flexibility index (Phi) is 17.0. The Labute approximate surface area is 425 Å². The maximum absolute atomic E-state index is 6.84. The van der Waals surface area contributed by atoms with Gasteiger partial charge >= 0.3 is 15.3 Å². The molecule has 4 aromatic rings. The molecule has 7 nitrogen and oxygen atoms in total. The number of nitrogens with zero attached hydrogens (tertiary/aromatic N) is 3. The van der Waals surface area contributed by atoms with Gasteiger partial charge in [0.15, 0.2) is 23.0 Å². The molecule has 0 atom stereocenters. The number of hydrogen-bond acceptors (Lipinski definition) is 7. The van der Waals surface area contributed by atoms with Crippen LogP contribution >= 0.6 is 276 Å². The predicted molar refractivity (Wildman–Crippen MR) is 248 cm³/mol. The molecule has 0 aromatic heterocycles. The van der Waals surface area contributed by atoms with Crippen LogP contribution in [-0.2, 0) is 0 Å². The second-order valence-corrected chi connectivity index (χ2v) is 26.3. The van der Waals surface area contributed by atoms with Gasteiger partial charge in [-0.25, -0.2) is 0 Å². The molecule has 0 radical (unpaired) electrons. The smallest absolute Gasteiger partial charge is 0.410 e. The summed E-state index contributed by atoms with van der Waals surface area (Å²) in [4.78, 5) is 0. The predicted octanol–water partition coefficient (Wildman–Crippen LogP) is 23.7. The van der Waals surface area contributed by atoms with Crippen molar-refractivity contribution < 1.29 is 18.1 Å². The standard InChI is InChI=1S/C24Cl22N3O4P3/c25-1-5(29)13(37)21(14(38)6(1)30)50-55(51-22-15(39)7(31)2(26)8(32)16(22)40)47-54(45,46)48-56(49-55,52-23-17(41)9(33)3(27)10(34)18(23)42)53-24-19(43)11(35)4(28)12(36)20(24)44. The van der Waals surface area contributed by atoms with E-state index in [1.807, 2.05) is 0 Å². The molecule has 56 heavy (non-hydrogen) atoms. The Hall–Kier alpha value is 3.15. The third-order valence-corrected chi connectivity index (χ3v) is 24.6. The van der Waals surface area contributed by atoms with Crippen molar-refractivity contribution in [1.82, 2.24) is 0 Å². The summed E-state index contributed by atoms with van der Waals surface area (Å²) in [6.07, 6.45) is 0. The second kappa shape index (κ2) is 18.9. The van der Waals surface area contributed by atoms with Crippen LogP contribution in [0.2, 0.25) is 100 Å². The summed E-state index contributed by atoms with van der Waals surface area (Å²) in [6, 6.07) is 0. The van der Waals surface area contributed by atoms with Crippen LogP contribution in [0.5, 0.6) is 23.0 Å². The van der Waals surface area contributed by atoms with Crippen LogP contribution in [0, 0.1) is 0 Å². The number of halogens is 22. The zero-order valence-electron chi connectivity index (χ0n) is 24.6. The van der Waals surface area contributed by atoms with Gasteiger partial charge in [0, 0.05) is 0 Å². The van der Waals surface area contributed by atoms with Gasteiger partial charge in [-0.3, -0.25) is 0 Å². The highest BCUT2D eigenvalue weighted by Gasteiger charge is 2.48. The minimum Gasteiger partial charge on any atom is -0.410 e. The maximum Gasteiger partial charge on any atom is 0.457 e. The van der Waals surface area contributed by atoms with Gasteiger partial charge in [0.2, 0.25) is 0 Å². The lowest BCUT2D eigenvalue weighted by molar-refractivity contribution is 0.461. The van der Waals surface area contributed by atoms with Crippen LogP contribution in [0.15, 0.2) is 13.5 Å². The van der Waals surface area contributed by atoms with E-state index in [-0.39, 0.29) is 60.3 Å². The highest BCUT2D eigenvalue weighted by Crippen LogP contribution is 2.83. The quantitative estimate of drug-likeness (QED) is 0.100. The first kappa shape index (κ1) is 50.2. The maximum atomic E-state index is 6.84. The molecule has 0 saturated carbocycles. The molecule has 1 heterocycles. The highest BCUT2D eigenvalue weighted by molar-refractivity contribution is 8.13. The molecule has 32 heteroatoms.